The molecule has 0 heterocycles. The maximum atomic E-state index is 11.7. The zero-order valence-electron chi connectivity index (χ0n) is 10.1. The minimum atomic E-state index is -0.383. The Hall–Kier alpha value is -1.09. The lowest BCUT2D eigenvalue weighted by molar-refractivity contribution is -0.107. The molecular formula is C14H18O2S. The standard InChI is InChI=1S/C14H18O2S/c1-2-3-4-8-11-17-14(16)13(15)12-9-6-5-7-10-12/h5-7,9-10H,2-4,8,11H2,1H3. The summed E-state index contributed by atoms with van der Waals surface area (Å²) in [4.78, 5) is 23.3. The van der Waals surface area contributed by atoms with Crippen molar-refractivity contribution in [2.45, 2.75) is 32.6 Å². The van der Waals surface area contributed by atoms with E-state index in [1.54, 1.807) is 24.3 Å². The molecule has 1 aromatic rings. The summed E-state index contributed by atoms with van der Waals surface area (Å²) in [5.74, 6) is 0.364. The van der Waals surface area contributed by atoms with E-state index in [9.17, 15) is 9.59 Å². The number of thioether (sulfide) groups is 1. The molecule has 3 heteroatoms. The number of rotatable bonds is 7. The minimum absolute atomic E-state index is 0.340. The predicted octanol–water partition coefficient (Wildman–Crippen LogP) is 3.71. The lowest BCUT2D eigenvalue weighted by Gasteiger charge is -2.00. The normalized spacial score (nSPS) is 10.2. The van der Waals surface area contributed by atoms with Crippen LogP contribution in [0.1, 0.15) is 43.0 Å². The summed E-state index contributed by atoms with van der Waals surface area (Å²) >= 11 is 1.14. The molecule has 0 bridgehead atoms. The highest BCUT2D eigenvalue weighted by Gasteiger charge is 2.15. The number of hydrogen-bond acceptors (Lipinski definition) is 3. The number of unbranched alkanes of at least 4 members (excludes halogenated alkanes) is 3. The van der Waals surface area contributed by atoms with Gasteiger partial charge >= 0.3 is 0 Å². The van der Waals surface area contributed by atoms with Crippen LogP contribution < -0.4 is 0 Å². The van der Waals surface area contributed by atoms with Crippen LogP contribution in [0.2, 0.25) is 0 Å². The molecule has 0 radical (unpaired) electrons. The Kier molecular flexibility index (Phi) is 6.63. The maximum Gasteiger partial charge on any atom is 0.259 e. The Morgan fingerprint density at radius 1 is 1.06 bits per heavy atom. The number of carbonyl (C=O) groups is 2. The third-order valence-corrected chi connectivity index (χ3v) is 3.39. The summed E-state index contributed by atoms with van der Waals surface area (Å²) in [5.41, 5.74) is 0.485. The summed E-state index contributed by atoms with van der Waals surface area (Å²) in [6.07, 6.45) is 4.52. The molecule has 0 fully saturated rings. The first-order chi connectivity index (χ1) is 8.25. The van der Waals surface area contributed by atoms with Gasteiger partial charge in [0.15, 0.2) is 0 Å². The van der Waals surface area contributed by atoms with Gasteiger partial charge in [-0.1, -0.05) is 68.3 Å². The Morgan fingerprint density at radius 2 is 1.76 bits per heavy atom. The van der Waals surface area contributed by atoms with Crippen molar-refractivity contribution in [3.8, 4) is 0 Å². The molecule has 1 rings (SSSR count). The first-order valence-electron chi connectivity index (χ1n) is 6.02. The monoisotopic (exact) mass is 250 g/mol. The van der Waals surface area contributed by atoms with E-state index in [1.165, 1.54) is 12.8 Å². The van der Waals surface area contributed by atoms with Crippen molar-refractivity contribution in [2.24, 2.45) is 0 Å². The van der Waals surface area contributed by atoms with E-state index in [1.807, 2.05) is 6.07 Å². The van der Waals surface area contributed by atoms with E-state index in [0.717, 1.165) is 30.4 Å². The van der Waals surface area contributed by atoms with Crippen molar-refractivity contribution in [1.29, 1.82) is 0 Å². The lowest BCUT2D eigenvalue weighted by Crippen LogP contribution is -2.10. The fourth-order valence-electron chi connectivity index (χ4n) is 1.47. The van der Waals surface area contributed by atoms with Gasteiger partial charge in [0.05, 0.1) is 0 Å². The van der Waals surface area contributed by atoms with E-state index >= 15 is 0 Å². The van der Waals surface area contributed by atoms with Crippen LogP contribution >= 0.6 is 11.8 Å². The summed E-state index contributed by atoms with van der Waals surface area (Å²) in [7, 11) is 0. The first kappa shape index (κ1) is 14.0. The fourth-order valence-corrected chi connectivity index (χ4v) is 2.25. The van der Waals surface area contributed by atoms with Gasteiger partial charge in [0.2, 0.25) is 5.78 Å². The molecule has 2 nitrogen and oxygen atoms in total. The van der Waals surface area contributed by atoms with Crippen molar-refractivity contribution >= 4 is 22.7 Å². The molecular weight excluding hydrogens is 232 g/mol. The quantitative estimate of drug-likeness (QED) is 0.420. The number of hydrogen-bond donors (Lipinski definition) is 0. The van der Waals surface area contributed by atoms with E-state index in [0.29, 0.717) is 5.56 Å². The Balaban J connectivity index is 2.31. The van der Waals surface area contributed by atoms with Crippen LogP contribution in [0.5, 0.6) is 0 Å². The maximum absolute atomic E-state index is 11.7. The summed E-state index contributed by atoms with van der Waals surface area (Å²) in [5, 5.41) is -0.340. The van der Waals surface area contributed by atoms with Gasteiger partial charge in [-0.2, -0.15) is 0 Å². The second-order valence-electron chi connectivity index (χ2n) is 3.89. The van der Waals surface area contributed by atoms with Gasteiger partial charge < -0.3 is 0 Å². The van der Waals surface area contributed by atoms with E-state index in [-0.39, 0.29) is 10.9 Å². The van der Waals surface area contributed by atoms with Crippen molar-refractivity contribution in [3.05, 3.63) is 35.9 Å². The lowest BCUT2D eigenvalue weighted by atomic mass is 10.1. The molecule has 0 amide bonds. The number of ketones is 1. The SMILES string of the molecule is CCCCCCSC(=O)C(=O)c1ccccc1. The number of carbonyl (C=O) groups excluding carboxylic acids is 2. The van der Waals surface area contributed by atoms with Crippen LogP contribution in [0.15, 0.2) is 30.3 Å². The van der Waals surface area contributed by atoms with E-state index in [2.05, 4.69) is 6.92 Å². The van der Waals surface area contributed by atoms with Crippen LogP contribution in [-0.4, -0.2) is 16.7 Å². The molecule has 0 saturated carbocycles. The molecule has 0 atom stereocenters. The molecule has 1 aromatic carbocycles. The molecule has 92 valence electrons. The van der Waals surface area contributed by atoms with Gasteiger partial charge in [-0.15, -0.1) is 0 Å². The van der Waals surface area contributed by atoms with Crippen molar-refractivity contribution in [1.82, 2.24) is 0 Å². The highest BCUT2D eigenvalue weighted by Crippen LogP contribution is 2.12. The molecule has 0 aliphatic rings. The number of benzene rings is 1. The molecule has 0 aliphatic heterocycles. The van der Waals surface area contributed by atoms with Crippen molar-refractivity contribution in [2.75, 3.05) is 5.75 Å². The second-order valence-corrected chi connectivity index (χ2v) is 4.96. The first-order valence-corrected chi connectivity index (χ1v) is 7.00. The van der Waals surface area contributed by atoms with Gasteiger partial charge in [-0.25, -0.2) is 0 Å². The molecule has 17 heavy (non-hydrogen) atoms. The molecule has 0 N–H and O–H groups in total. The molecule has 0 aliphatic carbocycles. The van der Waals surface area contributed by atoms with Gasteiger partial charge in [0, 0.05) is 11.3 Å². The molecule has 0 unspecified atom stereocenters. The topological polar surface area (TPSA) is 34.1 Å². The van der Waals surface area contributed by atoms with Crippen LogP contribution in [0.4, 0.5) is 0 Å². The smallest absolute Gasteiger partial charge is 0.259 e. The van der Waals surface area contributed by atoms with Crippen LogP contribution in [0.3, 0.4) is 0 Å². The Labute approximate surface area is 107 Å². The largest absolute Gasteiger partial charge is 0.284 e. The third-order valence-electron chi connectivity index (χ3n) is 2.45. The van der Waals surface area contributed by atoms with Gasteiger partial charge in [-0.05, 0) is 6.42 Å². The predicted molar refractivity (Wildman–Crippen MR) is 72.4 cm³/mol. The van der Waals surface area contributed by atoms with E-state index in [4.69, 9.17) is 0 Å². The average molecular weight is 250 g/mol. The van der Waals surface area contributed by atoms with Crippen molar-refractivity contribution < 1.29 is 9.59 Å². The summed E-state index contributed by atoms with van der Waals surface area (Å²) < 4.78 is 0. The fraction of sp³-hybridized carbons (Fsp3) is 0.429. The van der Waals surface area contributed by atoms with Gasteiger partial charge in [0.25, 0.3) is 5.12 Å². The Morgan fingerprint density at radius 3 is 2.41 bits per heavy atom. The Bertz CT molecular complexity index is 360. The third kappa shape index (κ3) is 5.18. The van der Waals surface area contributed by atoms with E-state index < -0.39 is 0 Å². The van der Waals surface area contributed by atoms with Gasteiger partial charge in [0.1, 0.15) is 0 Å². The summed E-state index contributed by atoms with van der Waals surface area (Å²) in [6, 6.07) is 8.73. The zero-order chi connectivity index (χ0) is 12.5. The zero-order valence-corrected chi connectivity index (χ0v) is 11.0. The van der Waals surface area contributed by atoms with Gasteiger partial charge in [-0.3, -0.25) is 9.59 Å². The van der Waals surface area contributed by atoms with Crippen LogP contribution in [-0.2, 0) is 4.79 Å². The minimum Gasteiger partial charge on any atom is -0.284 e. The second kappa shape index (κ2) is 8.07. The molecule has 0 aromatic heterocycles. The highest BCUT2D eigenvalue weighted by atomic mass is 32.2. The van der Waals surface area contributed by atoms with Crippen molar-refractivity contribution in [3.63, 3.8) is 0 Å². The van der Waals surface area contributed by atoms with Crippen LogP contribution in [0.25, 0.3) is 0 Å². The molecule has 0 spiro atoms. The molecule has 0 saturated heterocycles. The highest BCUT2D eigenvalue weighted by molar-refractivity contribution is 8.15. The number of Topliss-reactive ketones (excluding diaryl/α,β-unsaturated/α-hetero) is 1. The summed E-state index contributed by atoms with van der Waals surface area (Å²) in [6.45, 7) is 2.15. The van der Waals surface area contributed by atoms with Crippen LogP contribution in [0, 0.1) is 0 Å². The average Bonchev–Trinajstić information content (AvgIpc) is 2.38.